The zero-order valence-electron chi connectivity index (χ0n) is 12.8. The number of benzene rings is 2. The lowest BCUT2D eigenvalue weighted by atomic mass is 9.94. The molecule has 0 aliphatic heterocycles. The maximum Gasteiger partial charge on any atom is 0.254 e. The van der Waals surface area contributed by atoms with Gasteiger partial charge in [0.05, 0.1) is 6.04 Å². The van der Waals surface area contributed by atoms with Crippen molar-refractivity contribution in [2.75, 3.05) is 12.8 Å². The third kappa shape index (κ3) is 3.43. The smallest absolute Gasteiger partial charge is 0.254 e. The molecule has 2 N–H and O–H groups in total. The van der Waals surface area contributed by atoms with Gasteiger partial charge in [0.25, 0.3) is 5.91 Å². The van der Waals surface area contributed by atoms with Crippen LogP contribution in [-0.4, -0.2) is 17.9 Å². The molecule has 110 valence electrons. The van der Waals surface area contributed by atoms with Gasteiger partial charge in [-0.05, 0) is 29.7 Å². The van der Waals surface area contributed by atoms with E-state index in [1.54, 1.807) is 23.1 Å². The molecule has 0 saturated heterocycles. The van der Waals surface area contributed by atoms with Crippen molar-refractivity contribution < 1.29 is 4.79 Å². The number of hydrogen-bond donors (Lipinski definition) is 1. The van der Waals surface area contributed by atoms with Gasteiger partial charge in [0.15, 0.2) is 0 Å². The van der Waals surface area contributed by atoms with Crippen LogP contribution in [0, 0.1) is 5.92 Å². The Bertz CT molecular complexity index is 608. The number of nitrogens with zero attached hydrogens (tertiary/aromatic N) is 1. The summed E-state index contributed by atoms with van der Waals surface area (Å²) in [6.07, 6.45) is 0. The van der Waals surface area contributed by atoms with Crippen LogP contribution in [0.2, 0.25) is 0 Å². The highest BCUT2D eigenvalue weighted by Crippen LogP contribution is 2.28. The Balaban J connectivity index is 2.31. The Morgan fingerprint density at radius 2 is 1.71 bits per heavy atom. The Morgan fingerprint density at radius 1 is 1.05 bits per heavy atom. The van der Waals surface area contributed by atoms with Gasteiger partial charge in [-0.25, -0.2) is 0 Å². The van der Waals surface area contributed by atoms with E-state index in [2.05, 4.69) is 26.0 Å². The molecule has 0 heterocycles. The molecular formula is C18H22N2O. The summed E-state index contributed by atoms with van der Waals surface area (Å²) in [5.41, 5.74) is 8.15. The second-order valence-electron chi connectivity index (χ2n) is 5.64. The van der Waals surface area contributed by atoms with Gasteiger partial charge in [-0.15, -0.1) is 0 Å². The highest BCUT2D eigenvalue weighted by molar-refractivity contribution is 5.95. The highest BCUT2D eigenvalue weighted by atomic mass is 16.2. The zero-order chi connectivity index (χ0) is 15.4. The lowest BCUT2D eigenvalue weighted by molar-refractivity contribution is 0.0687. The van der Waals surface area contributed by atoms with E-state index in [1.807, 2.05) is 31.3 Å². The molecule has 3 heteroatoms. The number of anilines is 1. The van der Waals surface area contributed by atoms with Crippen LogP contribution in [0.4, 0.5) is 5.69 Å². The molecule has 2 rings (SSSR count). The minimum absolute atomic E-state index is 0.00940. The van der Waals surface area contributed by atoms with Crippen LogP contribution >= 0.6 is 0 Å². The van der Waals surface area contributed by atoms with Gasteiger partial charge in [0, 0.05) is 18.3 Å². The summed E-state index contributed by atoms with van der Waals surface area (Å²) < 4.78 is 0. The fourth-order valence-electron chi connectivity index (χ4n) is 2.71. The summed E-state index contributed by atoms with van der Waals surface area (Å²) in [5.74, 6) is 0.312. The SMILES string of the molecule is CC(C)C(c1ccccc1)N(C)C(=O)c1cccc(N)c1. The van der Waals surface area contributed by atoms with Crippen LogP contribution in [0.25, 0.3) is 0 Å². The maximum absolute atomic E-state index is 12.7. The minimum atomic E-state index is -0.00940. The molecule has 2 aromatic rings. The molecule has 1 amide bonds. The molecular weight excluding hydrogens is 260 g/mol. The number of carbonyl (C=O) groups is 1. The molecule has 3 nitrogen and oxygen atoms in total. The molecule has 0 radical (unpaired) electrons. The number of amides is 1. The van der Waals surface area contributed by atoms with E-state index in [-0.39, 0.29) is 11.9 Å². The van der Waals surface area contributed by atoms with Crippen LogP contribution in [0.15, 0.2) is 54.6 Å². The van der Waals surface area contributed by atoms with Crippen molar-refractivity contribution in [2.45, 2.75) is 19.9 Å². The number of carbonyl (C=O) groups excluding carboxylic acids is 1. The third-order valence-electron chi connectivity index (χ3n) is 3.64. The summed E-state index contributed by atoms with van der Waals surface area (Å²) in [5, 5.41) is 0. The summed E-state index contributed by atoms with van der Waals surface area (Å²) >= 11 is 0. The van der Waals surface area contributed by atoms with Gasteiger partial charge in [-0.3, -0.25) is 4.79 Å². The van der Waals surface area contributed by atoms with Crippen LogP contribution in [0.5, 0.6) is 0 Å². The minimum Gasteiger partial charge on any atom is -0.399 e. The standard InChI is InChI=1S/C18H22N2O/c1-13(2)17(14-8-5-4-6-9-14)20(3)18(21)15-10-7-11-16(19)12-15/h4-13,17H,19H2,1-3H3. The van der Waals surface area contributed by atoms with E-state index in [0.717, 1.165) is 5.56 Å². The quantitative estimate of drug-likeness (QED) is 0.868. The van der Waals surface area contributed by atoms with Gasteiger partial charge < -0.3 is 10.6 Å². The van der Waals surface area contributed by atoms with E-state index in [0.29, 0.717) is 17.2 Å². The number of nitrogens with two attached hydrogens (primary N) is 1. The first-order valence-electron chi connectivity index (χ1n) is 7.18. The summed E-state index contributed by atoms with van der Waals surface area (Å²) in [6.45, 7) is 4.25. The Hall–Kier alpha value is -2.29. The predicted molar refractivity (Wildman–Crippen MR) is 87.0 cm³/mol. The summed E-state index contributed by atoms with van der Waals surface area (Å²) in [4.78, 5) is 14.5. The molecule has 0 aromatic heterocycles. The molecule has 0 bridgehead atoms. The fourth-order valence-corrected chi connectivity index (χ4v) is 2.71. The molecule has 1 atom stereocenters. The van der Waals surface area contributed by atoms with E-state index in [1.165, 1.54) is 0 Å². The van der Waals surface area contributed by atoms with Gasteiger partial charge in [-0.1, -0.05) is 50.2 Å². The fraction of sp³-hybridized carbons (Fsp3) is 0.278. The number of nitrogen functional groups attached to an aromatic ring is 1. The van der Waals surface area contributed by atoms with Crippen molar-refractivity contribution in [2.24, 2.45) is 5.92 Å². The second-order valence-corrected chi connectivity index (χ2v) is 5.64. The van der Waals surface area contributed by atoms with Crippen molar-refractivity contribution in [1.82, 2.24) is 4.90 Å². The van der Waals surface area contributed by atoms with Gasteiger partial charge >= 0.3 is 0 Å². The third-order valence-corrected chi connectivity index (χ3v) is 3.64. The van der Waals surface area contributed by atoms with Crippen LogP contribution < -0.4 is 5.73 Å². The summed E-state index contributed by atoms with van der Waals surface area (Å²) in [7, 11) is 1.85. The topological polar surface area (TPSA) is 46.3 Å². The lowest BCUT2D eigenvalue weighted by Gasteiger charge is -2.32. The number of rotatable bonds is 4. The largest absolute Gasteiger partial charge is 0.399 e. The summed E-state index contributed by atoms with van der Waals surface area (Å²) in [6, 6.07) is 17.3. The highest BCUT2D eigenvalue weighted by Gasteiger charge is 2.25. The van der Waals surface area contributed by atoms with Crippen molar-refractivity contribution in [1.29, 1.82) is 0 Å². The molecule has 21 heavy (non-hydrogen) atoms. The average Bonchev–Trinajstić information content (AvgIpc) is 2.47. The molecule has 0 spiro atoms. The van der Waals surface area contributed by atoms with Gasteiger partial charge in [0.1, 0.15) is 0 Å². The second kappa shape index (κ2) is 6.44. The Kier molecular flexibility index (Phi) is 4.63. The molecule has 0 aliphatic rings. The molecule has 1 unspecified atom stereocenters. The predicted octanol–water partition coefficient (Wildman–Crippen LogP) is 3.74. The monoisotopic (exact) mass is 282 g/mol. The molecule has 0 fully saturated rings. The van der Waals surface area contributed by atoms with Gasteiger partial charge in [0.2, 0.25) is 0 Å². The van der Waals surface area contributed by atoms with Gasteiger partial charge in [-0.2, -0.15) is 0 Å². The maximum atomic E-state index is 12.7. The van der Waals surface area contributed by atoms with E-state index in [4.69, 9.17) is 5.73 Å². The van der Waals surface area contributed by atoms with Crippen LogP contribution in [0.1, 0.15) is 35.8 Å². The van der Waals surface area contributed by atoms with Crippen molar-refractivity contribution in [3.05, 3.63) is 65.7 Å². The van der Waals surface area contributed by atoms with Crippen molar-refractivity contribution in [3.63, 3.8) is 0 Å². The lowest BCUT2D eigenvalue weighted by Crippen LogP contribution is -2.34. The first-order valence-corrected chi connectivity index (χ1v) is 7.18. The van der Waals surface area contributed by atoms with Crippen LogP contribution in [-0.2, 0) is 0 Å². The molecule has 2 aromatic carbocycles. The van der Waals surface area contributed by atoms with Crippen molar-refractivity contribution in [3.8, 4) is 0 Å². The molecule has 0 aliphatic carbocycles. The molecule has 0 saturated carbocycles. The first kappa shape index (κ1) is 15.1. The normalized spacial score (nSPS) is 12.2. The number of hydrogen-bond acceptors (Lipinski definition) is 2. The Labute approximate surface area is 126 Å². The zero-order valence-corrected chi connectivity index (χ0v) is 12.8. The van der Waals surface area contributed by atoms with E-state index >= 15 is 0 Å². The first-order chi connectivity index (χ1) is 10.0. The van der Waals surface area contributed by atoms with Crippen LogP contribution in [0.3, 0.4) is 0 Å². The van der Waals surface area contributed by atoms with Crippen molar-refractivity contribution >= 4 is 11.6 Å². The van der Waals surface area contributed by atoms with E-state index < -0.39 is 0 Å². The average molecular weight is 282 g/mol. The van der Waals surface area contributed by atoms with E-state index in [9.17, 15) is 4.79 Å². The Morgan fingerprint density at radius 3 is 2.29 bits per heavy atom.